The molecule has 1 saturated heterocycles. The monoisotopic (exact) mass is 384 g/mol. The molecule has 1 aromatic carbocycles. The number of piperidine rings is 1. The predicted octanol–water partition coefficient (Wildman–Crippen LogP) is 2.76. The fourth-order valence-corrected chi connectivity index (χ4v) is 3.39. The lowest BCUT2D eigenvalue weighted by atomic mass is 9.95. The maximum absolute atomic E-state index is 12.7. The lowest BCUT2D eigenvalue weighted by Gasteiger charge is -2.22. The summed E-state index contributed by atoms with van der Waals surface area (Å²) in [5, 5.41) is 6.00. The van der Waals surface area contributed by atoms with E-state index in [1.54, 1.807) is 32.0 Å². The Balaban J connectivity index is 1.87. The Labute approximate surface area is 163 Å². The molecule has 0 aliphatic carbocycles. The van der Waals surface area contributed by atoms with Crippen LogP contribution in [0.15, 0.2) is 33.5 Å². The number of anilines is 1. The Kier molecular flexibility index (Phi) is 5.94. The van der Waals surface area contributed by atoms with Crippen LogP contribution in [-0.2, 0) is 4.74 Å². The summed E-state index contributed by atoms with van der Waals surface area (Å²) in [6.07, 6.45) is 1.96. The molecule has 28 heavy (non-hydrogen) atoms. The molecular weight excluding hydrogens is 360 g/mol. The van der Waals surface area contributed by atoms with Gasteiger partial charge in [-0.1, -0.05) is 6.07 Å². The third-order valence-corrected chi connectivity index (χ3v) is 5.00. The maximum Gasteiger partial charge on any atom is 0.349 e. The highest BCUT2D eigenvalue weighted by Crippen LogP contribution is 2.24. The van der Waals surface area contributed by atoms with Gasteiger partial charge in [0, 0.05) is 18.2 Å². The van der Waals surface area contributed by atoms with Crippen molar-refractivity contribution < 1.29 is 18.7 Å². The van der Waals surface area contributed by atoms with E-state index >= 15 is 0 Å². The van der Waals surface area contributed by atoms with Crippen LogP contribution in [0, 0.1) is 13.8 Å². The molecule has 7 heteroatoms. The van der Waals surface area contributed by atoms with E-state index in [1.807, 2.05) is 0 Å². The van der Waals surface area contributed by atoms with Gasteiger partial charge in [-0.2, -0.15) is 0 Å². The van der Waals surface area contributed by atoms with Gasteiger partial charge < -0.3 is 19.8 Å². The van der Waals surface area contributed by atoms with Crippen molar-refractivity contribution in [3.63, 3.8) is 0 Å². The summed E-state index contributed by atoms with van der Waals surface area (Å²) in [6.45, 7) is 5.24. The van der Waals surface area contributed by atoms with Crippen LogP contribution >= 0.6 is 0 Å². The summed E-state index contributed by atoms with van der Waals surface area (Å²) in [5.74, 6) is -0.326. The van der Waals surface area contributed by atoms with Crippen molar-refractivity contribution in [3.8, 4) is 0 Å². The van der Waals surface area contributed by atoms with Crippen molar-refractivity contribution in [2.75, 3.05) is 25.5 Å². The normalized spacial score (nSPS) is 16.5. The Morgan fingerprint density at radius 2 is 2.00 bits per heavy atom. The molecule has 1 fully saturated rings. The van der Waals surface area contributed by atoms with Crippen molar-refractivity contribution in [2.45, 2.75) is 32.6 Å². The number of benzene rings is 1. The summed E-state index contributed by atoms with van der Waals surface area (Å²) in [7, 11) is 1.29. The molecule has 1 amide bonds. The van der Waals surface area contributed by atoms with Crippen molar-refractivity contribution in [1.82, 2.24) is 5.32 Å². The van der Waals surface area contributed by atoms with Gasteiger partial charge in [0.1, 0.15) is 11.3 Å². The zero-order valence-electron chi connectivity index (χ0n) is 16.3. The number of hydrogen-bond acceptors (Lipinski definition) is 6. The highest BCUT2D eigenvalue weighted by molar-refractivity contribution is 6.05. The molecule has 0 saturated carbocycles. The van der Waals surface area contributed by atoms with Gasteiger partial charge in [0.25, 0.3) is 5.91 Å². The van der Waals surface area contributed by atoms with Gasteiger partial charge in [0.05, 0.1) is 12.7 Å². The van der Waals surface area contributed by atoms with E-state index in [-0.39, 0.29) is 11.5 Å². The maximum atomic E-state index is 12.7. The molecule has 1 atom stereocenters. The second kappa shape index (κ2) is 8.39. The highest BCUT2D eigenvalue weighted by atomic mass is 16.5. The minimum Gasteiger partial charge on any atom is -0.465 e. The van der Waals surface area contributed by atoms with Crippen LogP contribution in [-0.4, -0.2) is 32.1 Å². The van der Waals surface area contributed by atoms with E-state index in [0.29, 0.717) is 22.6 Å². The largest absolute Gasteiger partial charge is 0.465 e. The zero-order chi connectivity index (χ0) is 20.3. The molecule has 148 valence electrons. The van der Waals surface area contributed by atoms with Gasteiger partial charge in [0.2, 0.25) is 0 Å². The van der Waals surface area contributed by atoms with E-state index in [0.717, 1.165) is 31.5 Å². The van der Waals surface area contributed by atoms with Gasteiger partial charge in [0.15, 0.2) is 0 Å². The second-order valence-electron chi connectivity index (χ2n) is 7.01. The van der Waals surface area contributed by atoms with Crippen LogP contribution in [0.25, 0.3) is 0 Å². The summed E-state index contributed by atoms with van der Waals surface area (Å²) < 4.78 is 10.2. The summed E-state index contributed by atoms with van der Waals surface area (Å²) in [4.78, 5) is 37.0. The minimum atomic E-state index is -0.653. The Morgan fingerprint density at radius 3 is 2.64 bits per heavy atom. The van der Waals surface area contributed by atoms with Crippen molar-refractivity contribution in [1.29, 1.82) is 0 Å². The topological polar surface area (TPSA) is 97.6 Å². The van der Waals surface area contributed by atoms with E-state index in [2.05, 4.69) is 10.6 Å². The lowest BCUT2D eigenvalue weighted by molar-refractivity contribution is 0.0600. The van der Waals surface area contributed by atoms with Crippen LogP contribution < -0.4 is 16.3 Å². The molecule has 2 heterocycles. The Hall–Kier alpha value is -2.93. The third kappa shape index (κ3) is 4.14. The quantitative estimate of drug-likeness (QED) is 0.787. The van der Waals surface area contributed by atoms with Crippen LogP contribution in [0.3, 0.4) is 0 Å². The number of nitrogens with one attached hydrogen (secondary N) is 2. The number of ether oxygens (including phenoxy) is 1. The number of hydrogen-bond donors (Lipinski definition) is 2. The fraction of sp³-hybridized carbons (Fsp3) is 0.381. The molecular formula is C21H24N2O5. The average Bonchev–Trinajstić information content (AvgIpc) is 2.69. The molecule has 0 radical (unpaired) electrons. The number of esters is 1. The van der Waals surface area contributed by atoms with E-state index in [4.69, 9.17) is 9.15 Å². The molecule has 1 unspecified atom stereocenters. The van der Waals surface area contributed by atoms with E-state index < -0.39 is 17.5 Å². The standard InChI is InChI=1S/C21H24N2O5/c1-12-6-7-14(20(25)27-3)10-16(12)23-19(24)18-13(2)9-17(28-21(18)26)15-5-4-8-22-11-15/h6-7,9-10,15,22H,4-5,8,11H2,1-3H3,(H,23,24). The number of carbonyl (C=O) groups is 2. The summed E-state index contributed by atoms with van der Waals surface area (Å²) >= 11 is 0. The Morgan fingerprint density at radius 1 is 1.21 bits per heavy atom. The number of carbonyl (C=O) groups excluding carboxylic acids is 2. The summed E-state index contributed by atoms with van der Waals surface area (Å²) in [5.41, 5.74) is 1.39. The van der Waals surface area contributed by atoms with Gasteiger partial charge in [-0.15, -0.1) is 0 Å². The molecule has 7 nitrogen and oxygen atoms in total. The first-order chi connectivity index (χ1) is 13.4. The van der Waals surface area contributed by atoms with Crippen LogP contribution in [0.1, 0.15) is 56.4 Å². The smallest absolute Gasteiger partial charge is 0.349 e. The number of methoxy groups -OCH3 is 1. The first-order valence-electron chi connectivity index (χ1n) is 9.26. The molecule has 0 spiro atoms. The fourth-order valence-electron chi connectivity index (χ4n) is 3.39. The van der Waals surface area contributed by atoms with Gasteiger partial charge >= 0.3 is 11.6 Å². The van der Waals surface area contributed by atoms with Gasteiger partial charge in [-0.3, -0.25) is 4.79 Å². The van der Waals surface area contributed by atoms with Crippen LogP contribution in [0.2, 0.25) is 0 Å². The number of aryl methyl sites for hydroxylation is 2. The highest BCUT2D eigenvalue weighted by Gasteiger charge is 2.23. The molecule has 1 aliphatic heterocycles. The average molecular weight is 384 g/mol. The molecule has 3 rings (SSSR count). The van der Waals surface area contributed by atoms with Crippen molar-refractivity contribution in [3.05, 3.63) is 62.7 Å². The molecule has 1 aliphatic rings. The summed E-state index contributed by atoms with van der Waals surface area (Å²) in [6, 6.07) is 6.61. The van der Waals surface area contributed by atoms with Gasteiger partial charge in [-0.25, -0.2) is 9.59 Å². The number of amides is 1. The van der Waals surface area contributed by atoms with Crippen molar-refractivity contribution in [2.24, 2.45) is 0 Å². The SMILES string of the molecule is COC(=O)c1ccc(C)c(NC(=O)c2c(C)cc(C3CCCNC3)oc2=O)c1. The molecule has 2 aromatic rings. The molecule has 0 bridgehead atoms. The lowest BCUT2D eigenvalue weighted by Crippen LogP contribution is -2.30. The number of rotatable bonds is 4. The van der Waals surface area contributed by atoms with Crippen LogP contribution in [0.5, 0.6) is 0 Å². The van der Waals surface area contributed by atoms with Gasteiger partial charge in [-0.05, 0) is 62.6 Å². The first kappa shape index (κ1) is 19.8. The van der Waals surface area contributed by atoms with E-state index in [9.17, 15) is 14.4 Å². The zero-order valence-corrected chi connectivity index (χ0v) is 16.3. The predicted molar refractivity (Wildman–Crippen MR) is 105 cm³/mol. The Bertz CT molecular complexity index is 958. The second-order valence-corrected chi connectivity index (χ2v) is 7.01. The minimum absolute atomic E-state index is 0.0320. The van der Waals surface area contributed by atoms with E-state index in [1.165, 1.54) is 13.2 Å². The molecule has 1 aromatic heterocycles. The van der Waals surface area contributed by atoms with Crippen molar-refractivity contribution >= 4 is 17.6 Å². The molecule has 2 N–H and O–H groups in total. The van der Waals surface area contributed by atoms with Crippen LogP contribution in [0.4, 0.5) is 5.69 Å². The first-order valence-corrected chi connectivity index (χ1v) is 9.26. The third-order valence-electron chi connectivity index (χ3n) is 5.00.